The predicted molar refractivity (Wildman–Crippen MR) is 91.9 cm³/mol. The average molecular weight is 417 g/mol. The molecule has 11 heteroatoms. The zero-order valence-corrected chi connectivity index (χ0v) is 17.3. The van der Waals surface area contributed by atoms with E-state index in [9.17, 15) is 26.1 Å². The maximum Gasteiger partial charge on any atom is 1.00 e. The predicted octanol–water partition coefficient (Wildman–Crippen LogP) is 1.76. The number of anilines is 1. The Morgan fingerprint density at radius 3 is 2.04 bits per heavy atom. The molecule has 2 N–H and O–H groups in total. The van der Waals surface area contributed by atoms with Crippen LogP contribution < -0.4 is 35.3 Å². The summed E-state index contributed by atoms with van der Waals surface area (Å²) in [7, 11) is -4.81. The molecule has 0 radical (unpaired) electrons. The number of alkyl halides is 3. The minimum absolute atomic E-state index is 0. The molecule has 3 rings (SSSR count). The molecule has 6 nitrogen and oxygen atoms in total. The van der Waals surface area contributed by atoms with E-state index in [-0.39, 0.29) is 52.0 Å². The molecule has 3 aromatic rings. The molecule has 0 aliphatic heterocycles. The molecule has 3 aromatic carbocycles. The zero-order valence-electron chi connectivity index (χ0n) is 14.4. The van der Waals surface area contributed by atoms with Crippen LogP contribution in [0.15, 0.2) is 69.7 Å². The van der Waals surface area contributed by atoms with E-state index in [4.69, 9.17) is 5.73 Å². The third-order valence-electron chi connectivity index (χ3n) is 3.76. The van der Waals surface area contributed by atoms with Crippen molar-refractivity contribution in [2.24, 2.45) is 10.2 Å². The van der Waals surface area contributed by atoms with Crippen molar-refractivity contribution < 1.29 is 55.7 Å². The van der Waals surface area contributed by atoms with Gasteiger partial charge in [0, 0.05) is 10.8 Å². The van der Waals surface area contributed by atoms with Crippen molar-refractivity contribution in [2.75, 3.05) is 5.73 Å². The van der Waals surface area contributed by atoms with Crippen LogP contribution in [0, 0.1) is 0 Å². The van der Waals surface area contributed by atoms with Gasteiger partial charge in [-0.05, 0) is 30.3 Å². The fourth-order valence-corrected chi connectivity index (χ4v) is 3.17. The molecule has 0 aliphatic carbocycles. The number of benzene rings is 3. The molecule has 0 fully saturated rings. The van der Waals surface area contributed by atoms with Crippen molar-refractivity contribution >= 4 is 38.0 Å². The van der Waals surface area contributed by atoms with Crippen molar-refractivity contribution in [3.63, 3.8) is 0 Å². The summed E-state index contributed by atoms with van der Waals surface area (Å²) in [6.45, 7) is 0. The maximum absolute atomic E-state index is 12.6. The number of nitrogen functional groups attached to an aromatic ring is 1. The van der Waals surface area contributed by atoms with E-state index < -0.39 is 26.8 Å². The summed E-state index contributed by atoms with van der Waals surface area (Å²) in [4.78, 5) is -0.506. The zero-order chi connectivity index (χ0) is 19.8. The van der Waals surface area contributed by atoms with Crippen LogP contribution in [-0.2, 0) is 16.3 Å². The third kappa shape index (κ3) is 4.70. The van der Waals surface area contributed by atoms with Gasteiger partial charge in [0.2, 0.25) is 0 Å². The molecule has 0 spiro atoms. The van der Waals surface area contributed by atoms with Gasteiger partial charge in [0.1, 0.15) is 15.8 Å². The van der Waals surface area contributed by atoms with Gasteiger partial charge in [-0.15, -0.1) is 5.11 Å². The quantitative estimate of drug-likeness (QED) is 0.303. The Labute approximate surface area is 180 Å². The van der Waals surface area contributed by atoms with Crippen LogP contribution in [0.25, 0.3) is 10.8 Å². The van der Waals surface area contributed by atoms with Gasteiger partial charge in [0.25, 0.3) is 0 Å². The Balaban J connectivity index is 0.00000280. The third-order valence-corrected chi connectivity index (χ3v) is 4.64. The minimum atomic E-state index is -4.81. The van der Waals surface area contributed by atoms with Crippen molar-refractivity contribution in [3.8, 4) is 0 Å². The number of azo groups is 1. The van der Waals surface area contributed by atoms with E-state index in [0.29, 0.717) is 5.39 Å². The van der Waals surface area contributed by atoms with E-state index >= 15 is 0 Å². The standard InChI is InChI=1S/C17H12F3N3O3S.Na/c18-17(19,20)10-5-7-11(8-6-10)22-23-14-9-15(27(24,25)26)12-3-1-2-4-13(12)16(14)21;/h1-9H,21H2,(H,24,25,26);/q;+1/p-1. The van der Waals surface area contributed by atoms with Crippen LogP contribution in [0.2, 0.25) is 0 Å². The SMILES string of the molecule is Nc1c(N=Nc2ccc(C(F)(F)F)cc2)cc(S(=O)(=O)[O-])c2ccccc12.[Na+]. The van der Waals surface area contributed by atoms with Crippen LogP contribution in [0.5, 0.6) is 0 Å². The van der Waals surface area contributed by atoms with Gasteiger partial charge in [-0.25, -0.2) is 8.42 Å². The Kier molecular flexibility index (Phi) is 6.51. The number of fused-ring (bicyclic) bond motifs is 1. The van der Waals surface area contributed by atoms with Gasteiger partial charge in [0.05, 0.1) is 21.8 Å². The number of hydrogen-bond acceptors (Lipinski definition) is 6. The summed E-state index contributed by atoms with van der Waals surface area (Å²) in [5.41, 5.74) is 5.25. The number of nitrogens with zero attached hydrogens (tertiary/aromatic N) is 2. The van der Waals surface area contributed by atoms with Gasteiger partial charge < -0.3 is 10.3 Å². The monoisotopic (exact) mass is 417 g/mol. The molecular weight excluding hydrogens is 406 g/mol. The summed E-state index contributed by atoms with van der Waals surface area (Å²) >= 11 is 0. The molecule has 0 bridgehead atoms. The number of hydrogen-bond donors (Lipinski definition) is 1. The van der Waals surface area contributed by atoms with Crippen molar-refractivity contribution in [1.82, 2.24) is 0 Å². The van der Waals surface area contributed by atoms with Gasteiger partial charge >= 0.3 is 35.7 Å². The molecular formula is C17H11F3N3NaO3S. The minimum Gasteiger partial charge on any atom is -0.744 e. The summed E-state index contributed by atoms with van der Waals surface area (Å²) in [6.07, 6.45) is -4.48. The molecule has 0 aliphatic rings. The van der Waals surface area contributed by atoms with Crippen molar-refractivity contribution in [3.05, 3.63) is 60.2 Å². The van der Waals surface area contributed by atoms with E-state index in [0.717, 1.165) is 30.3 Å². The van der Waals surface area contributed by atoms with Crippen LogP contribution >= 0.6 is 0 Å². The molecule has 0 saturated heterocycles. The normalized spacial score (nSPS) is 12.3. The largest absolute Gasteiger partial charge is 1.00 e. The summed E-state index contributed by atoms with van der Waals surface area (Å²) in [5.74, 6) is 0. The fourth-order valence-electron chi connectivity index (χ4n) is 2.47. The average Bonchev–Trinajstić information content (AvgIpc) is 2.60. The van der Waals surface area contributed by atoms with Crippen LogP contribution in [0.3, 0.4) is 0 Å². The first-order chi connectivity index (χ1) is 12.6. The van der Waals surface area contributed by atoms with Gasteiger partial charge in [0.15, 0.2) is 0 Å². The Morgan fingerprint density at radius 2 is 1.50 bits per heavy atom. The topological polar surface area (TPSA) is 108 Å². The molecule has 0 unspecified atom stereocenters. The second kappa shape index (κ2) is 8.18. The van der Waals surface area contributed by atoms with E-state index in [1.165, 1.54) is 12.1 Å². The molecule has 0 heterocycles. The first-order valence-corrected chi connectivity index (χ1v) is 8.84. The number of nitrogens with two attached hydrogens (primary N) is 1. The van der Waals surface area contributed by atoms with Crippen molar-refractivity contribution in [2.45, 2.75) is 11.1 Å². The number of rotatable bonds is 3. The Hall–Kier alpha value is -1.98. The molecule has 0 amide bonds. The van der Waals surface area contributed by atoms with E-state index in [2.05, 4.69) is 10.2 Å². The summed E-state index contributed by atoms with van der Waals surface area (Å²) in [6, 6.07) is 11.0. The van der Waals surface area contributed by atoms with Gasteiger partial charge in [-0.1, -0.05) is 24.3 Å². The molecule has 28 heavy (non-hydrogen) atoms. The fraction of sp³-hybridized carbons (Fsp3) is 0.0588. The Bertz CT molecular complexity index is 1150. The molecule has 0 aromatic heterocycles. The van der Waals surface area contributed by atoms with Crippen LogP contribution in [0.4, 0.5) is 30.2 Å². The molecule has 0 atom stereocenters. The second-order valence-electron chi connectivity index (χ2n) is 5.55. The Morgan fingerprint density at radius 1 is 0.929 bits per heavy atom. The van der Waals surface area contributed by atoms with Crippen LogP contribution in [0.1, 0.15) is 5.56 Å². The van der Waals surface area contributed by atoms with E-state index in [1.807, 2.05) is 0 Å². The van der Waals surface area contributed by atoms with Gasteiger partial charge in [-0.2, -0.15) is 18.3 Å². The first-order valence-electron chi connectivity index (χ1n) is 7.43. The smallest absolute Gasteiger partial charge is 0.744 e. The number of halogens is 3. The van der Waals surface area contributed by atoms with Gasteiger partial charge in [-0.3, -0.25) is 0 Å². The van der Waals surface area contributed by atoms with Crippen molar-refractivity contribution in [1.29, 1.82) is 0 Å². The van der Waals surface area contributed by atoms with E-state index in [1.54, 1.807) is 12.1 Å². The second-order valence-corrected chi connectivity index (χ2v) is 6.90. The molecule has 0 saturated carbocycles. The first kappa shape index (κ1) is 22.3. The summed E-state index contributed by atoms with van der Waals surface area (Å²) < 4.78 is 72.3. The molecule has 140 valence electrons. The summed E-state index contributed by atoms with van der Waals surface area (Å²) in [5, 5.41) is 8.03. The van der Waals surface area contributed by atoms with Crippen LogP contribution in [-0.4, -0.2) is 13.0 Å². The maximum atomic E-state index is 12.6.